The highest BCUT2D eigenvalue weighted by Crippen LogP contribution is 2.30. The van der Waals surface area contributed by atoms with Crippen LogP contribution in [0.1, 0.15) is 24.8 Å². The standard InChI is InChI=1S/C17H25N3O2/c1-20-10-6-14(7-11-20)22-15-5-4-13(12-16(15)21-2)17-18-8-3-9-19-17/h4-5,12,14H,3,6-11H2,1-2H3,(H,18,19). The summed E-state index contributed by atoms with van der Waals surface area (Å²) in [4.78, 5) is 6.87. The molecule has 0 amide bonds. The van der Waals surface area contributed by atoms with Crippen LogP contribution in [0.5, 0.6) is 11.5 Å². The number of benzene rings is 1. The SMILES string of the molecule is COc1cc(C2=NCCCN2)ccc1OC1CCN(C)CC1. The Kier molecular flexibility index (Phi) is 4.83. The lowest BCUT2D eigenvalue weighted by Crippen LogP contribution is -2.35. The van der Waals surface area contributed by atoms with Crippen LogP contribution in [0.4, 0.5) is 0 Å². The molecule has 0 spiro atoms. The van der Waals surface area contributed by atoms with Crippen LogP contribution in [-0.2, 0) is 0 Å². The molecule has 22 heavy (non-hydrogen) atoms. The van der Waals surface area contributed by atoms with Gasteiger partial charge in [0, 0.05) is 31.7 Å². The quantitative estimate of drug-likeness (QED) is 0.923. The van der Waals surface area contributed by atoms with Crippen LogP contribution in [0.2, 0.25) is 0 Å². The average molecular weight is 303 g/mol. The van der Waals surface area contributed by atoms with Gasteiger partial charge in [0.25, 0.3) is 0 Å². The van der Waals surface area contributed by atoms with Gasteiger partial charge in [-0.1, -0.05) is 0 Å². The highest BCUT2D eigenvalue weighted by atomic mass is 16.5. The number of aliphatic imine (C=N–C) groups is 1. The number of amidine groups is 1. The summed E-state index contributed by atoms with van der Waals surface area (Å²) in [6.07, 6.45) is 3.50. The van der Waals surface area contributed by atoms with Gasteiger partial charge >= 0.3 is 0 Å². The van der Waals surface area contributed by atoms with E-state index in [2.05, 4.69) is 28.3 Å². The van der Waals surface area contributed by atoms with Crippen molar-refractivity contribution < 1.29 is 9.47 Å². The van der Waals surface area contributed by atoms with E-state index in [-0.39, 0.29) is 6.10 Å². The van der Waals surface area contributed by atoms with Gasteiger partial charge < -0.3 is 19.7 Å². The van der Waals surface area contributed by atoms with Crippen LogP contribution in [-0.4, -0.2) is 57.2 Å². The van der Waals surface area contributed by atoms with E-state index >= 15 is 0 Å². The summed E-state index contributed by atoms with van der Waals surface area (Å²) in [6, 6.07) is 6.08. The zero-order valence-corrected chi connectivity index (χ0v) is 13.5. The molecule has 2 aliphatic rings. The lowest BCUT2D eigenvalue weighted by atomic mass is 10.1. The van der Waals surface area contributed by atoms with Crippen LogP contribution < -0.4 is 14.8 Å². The van der Waals surface area contributed by atoms with Gasteiger partial charge in [-0.05, 0) is 44.5 Å². The molecule has 0 saturated carbocycles. The Morgan fingerprint density at radius 2 is 2.05 bits per heavy atom. The highest BCUT2D eigenvalue weighted by molar-refractivity contribution is 5.99. The molecule has 2 aliphatic heterocycles. The van der Waals surface area contributed by atoms with Gasteiger partial charge in [0.15, 0.2) is 11.5 Å². The smallest absolute Gasteiger partial charge is 0.161 e. The maximum Gasteiger partial charge on any atom is 0.161 e. The summed E-state index contributed by atoms with van der Waals surface area (Å²) in [5.74, 6) is 2.57. The lowest BCUT2D eigenvalue weighted by molar-refractivity contribution is 0.111. The Morgan fingerprint density at radius 1 is 1.23 bits per heavy atom. The van der Waals surface area contributed by atoms with E-state index in [0.29, 0.717) is 0 Å². The largest absolute Gasteiger partial charge is 0.493 e. The summed E-state index contributed by atoms with van der Waals surface area (Å²) < 4.78 is 11.7. The van der Waals surface area contributed by atoms with Gasteiger partial charge in [0.1, 0.15) is 11.9 Å². The van der Waals surface area contributed by atoms with Gasteiger partial charge in [-0.15, -0.1) is 0 Å². The molecule has 1 saturated heterocycles. The van der Waals surface area contributed by atoms with Crippen LogP contribution in [0.25, 0.3) is 0 Å². The monoisotopic (exact) mass is 303 g/mol. The van der Waals surface area contributed by atoms with E-state index in [1.165, 1.54) is 0 Å². The maximum atomic E-state index is 6.16. The normalized spacial score (nSPS) is 20.2. The number of nitrogens with one attached hydrogen (secondary N) is 1. The summed E-state index contributed by atoms with van der Waals surface area (Å²) >= 11 is 0. The van der Waals surface area contributed by atoms with Crippen LogP contribution >= 0.6 is 0 Å². The number of hydrogen-bond acceptors (Lipinski definition) is 5. The molecule has 2 heterocycles. The van der Waals surface area contributed by atoms with Gasteiger partial charge in [0.05, 0.1) is 7.11 Å². The Hall–Kier alpha value is -1.75. The first kappa shape index (κ1) is 15.2. The first-order chi connectivity index (χ1) is 10.8. The van der Waals surface area contributed by atoms with Crippen molar-refractivity contribution in [2.75, 3.05) is 40.3 Å². The van der Waals surface area contributed by atoms with Gasteiger partial charge in [-0.2, -0.15) is 0 Å². The molecule has 1 N–H and O–H groups in total. The minimum absolute atomic E-state index is 0.279. The van der Waals surface area contributed by atoms with Gasteiger partial charge in [0.2, 0.25) is 0 Å². The first-order valence-corrected chi connectivity index (χ1v) is 8.08. The second-order valence-corrected chi connectivity index (χ2v) is 6.00. The maximum absolute atomic E-state index is 6.16. The molecule has 5 nitrogen and oxygen atoms in total. The van der Waals surface area contributed by atoms with Crippen LogP contribution in [0.15, 0.2) is 23.2 Å². The van der Waals surface area contributed by atoms with E-state index in [0.717, 1.165) is 68.3 Å². The molecule has 1 fully saturated rings. The topological polar surface area (TPSA) is 46.1 Å². The predicted molar refractivity (Wildman–Crippen MR) is 88.2 cm³/mol. The second-order valence-electron chi connectivity index (χ2n) is 6.00. The van der Waals surface area contributed by atoms with Gasteiger partial charge in [-0.3, -0.25) is 4.99 Å². The third-order valence-corrected chi connectivity index (χ3v) is 4.29. The third-order valence-electron chi connectivity index (χ3n) is 4.29. The number of piperidine rings is 1. The Morgan fingerprint density at radius 3 is 2.73 bits per heavy atom. The Balaban J connectivity index is 1.73. The average Bonchev–Trinajstić information content (AvgIpc) is 2.58. The number of ether oxygens (including phenoxy) is 2. The van der Waals surface area contributed by atoms with Crippen LogP contribution in [0.3, 0.4) is 0 Å². The molecule has 120 valence electrons. The predicted octanol–water partition coefficient (Wildman–Crippen LogP) is 1.91. The number of nitrogens with zero attached hydrogens (tertiary/aromatic N) is 2. The number of rotatable bonds is 4. The summed E-state index contributed by atoms with van der Waals surface area (Å²) in [6.45, 7) is 4.05. The zero-order valence-electron chi connectivity index (χ0n) is 13.5. The molecule has 1 aromatic rings. The lowest BCUT2D eigenvalue weighted by Gasteiger charge is -2.29. The summed E-state index contributed by atoms with van der Waals surface area (Å²) in [7, 11) is 3.85. The van der Waals surface area contributed by atoms with Crippen molar-refractivity contribution in [2.24, 2.45) is 4.99 Å². The Labute approximate surface area is 132 Å². The molecule has 0 unspecified atom stereocenters. The van der Waals surface area contributed by atoms with Crippen molar-refractivity contribution in [3.63, 3.8) is 0 Å². The van der Waals surface area contributed by atoms with Crippen molar-refractivity contribution in [2.45, 2.75) is 25.4 Å². The van der Waals surface area contributed by atoms with Crippen molar-refractivity contribution in [1.29, 1.82) is 0 Å². The van der Waals surface area contributed by atoms with Crippen molar-refractivity contribution >= 4 is 5.84 Å². The molecule has 1 aromatic carbocycles. The number of methoxy groups -OCH3 is 1. The zero-order chi connectivity index (χ0) is 15.4. The molecule has 0 radical (unpaired) electrons. The van der Waals surface area contributed by atoms with E-state index in [1.54, 1.807) is 7.11 Å². The van der Waals surface area contributed by atoms with E-state index in [9.17, 15) is 0 Å². The molecular formula is C17H25N3O2. The van der Waals surface area contributed by atoms with Gasteiger partial charge in [-0.25, -0.2) is 0 Å². The minimum Gasteiger partial charge on any atom is -0.493 e. The fourth-order valence-electron chi connectivity index (χ4n) is 2.92. The number of hydrogen-bond donors (Lipinski definition) is 1. The summed E-state index contributed by atoms with van der Waals surface area (Å²) in [5.41, 5.74) is 1.06. The summed E-state index contributed by atoms with van der Waals surface area (Å²) in [5, 5.41) is 3.34. The van der Waals surface area contributed by atoms with E-state index < -0.39 is 0 Å². The van der Waals surface area contributed by atoms with Crippen molar-refractivity contribution in [3.05, 3.63) is 23.8 Å². The van der Waals surface area contributed by atoms with Crippen molar-refractivity contribution in [3.8, 4) is 11.5 Å². The fourth-order valence-corrected chi connectivity index (χ4v) is 2.92. The third kappa shape index (κ3) is 3.53. The van der Waals surface area contributed by atoms with E-state index in [1.807, 2.05) is 12.1 Å². The molecule has 0 aliphatic carbocycles. The molecule has 5 heteroatoms. The molecule has 0 aromatic heterocycles. The molecule has 0 bridgehead atoms. The van der Waals surface area contributed by atoms with Crippen LogP contribution in [0, 0.1) is 0 Å². The van der Waals surface area contributed by atoms with Crippen molar-refractivity contribution in [1.82, 2.24) is 10.2 Å². The van der Waals surface area contributed by atoms with E-state index in [4.69, 9.17) is 9.47 Å². The number of likely N-dealkylation sites (tertiary alicyclic amines) is 1. The molecule has 0 atom stereocenters. The first-order valence-electron chi connectivity index (χ1n) is 8.08. The fraction of sp³-hybridized carbons (Fsp3) is 0.588. The Bertz CT molecular complexity index is 537. The second kappa shape index (κ2) is 7.01. The minimum atomic E-state index is 0.279. The molecule has 3 rings (SSSR count). The molecular weight excluding hydrogens is 278 g/mol. The highest BCUT2D eigenvalue weighted by Gasteiger charge is 2.20.